The van der Waals surface area contributed by atoms with E-state index in [1.165, 1.54) is 19.3 Å². The number of carbonyl (C=O) groups excluding carboxylic acids is 2. The highest BCUT2D eigenvalue weighted by atomic mass is 16.5. The van der Waals surface area contributed by atoms with Gasteiger partial charge in [0.25, 0.3) is 0 Å². The van der Waals surface area contributed by atoms with Gasteiger partial charge in [0.05, 0.1) is 23.2 Å². The Bertz CT molecular complexity index is 887. The number of rotatable bonds is 3. The smallest absolute Gasteiger partial charge is 0.149 e. The number of carbonyl (C=O) groups is 2. The summed E-state index contributed by atoms with van der Waals surface area (Å²) in [6, 6.07) is 0. The Morgan fingerprint density at radius 2 is 1.50 bits per heavy atom. The van der Waals surface area contributed by atoms with E-state index in [4.69, 9.17) is 4.74 Å². The van der Waals surface area contributed by atoms with E-state index in [9.17, 15) is 14.7 Å². The summed E-state index contributed by atoms with van der Waals surface area (Å²) in [5.74, 6) is 1.50. The molecule has 0 amide bonds. The molecule has 1 heterocycles. The van der Waals surface area contributed by atoms with Gasteiger partial charge in [-0.1, -0.05) is 34.6 Å². The van der Waals surface area contributed by atoms with Gasteiger partial charge in [-0.25, -0.2) is 0 Å². The van der Waals surface area contributed by atoms with Crippen molar-refractivity contribution in [3.63, 3.8) is 0 Å². The zero-order chi connectivity index (χ0) is 25.1. The molecule has 5 rings (SSSR count). The standard InChI is InChI=1S/C30H48O4/c1-25(2)21-10-9-18-19(30(21,8)20(17-31)24(25)32)11-14-28(6)22(12-15-27(18,28)5)29(7)16-13-23(34-29)26(3,4)33/h17-23,33H,9-16H2,1-8H3/t18-,19+,20+,21+,22+,23-,27+,28-,29+,30+/m1/s1. The lowest BCUT2D eigenvalue weighted by Crippen LogP contribution is -2.59. The summed E-state index contributed by atoms with van der Waals surface area (Å²) in [5.41, 5.74) is -1.25. The number of fused-ring (bicyclic) bond motifs is 5. The average Bonchev–Trinajstić information content (AvgIpc) is 3.31. The highest BCUT2D eigenvalue weighted by molar-refractivity contribution is 6.00. The average molecular weight is 473 g/mol. The van der Waals surface area contributed by atoms with Crippen LogP contribution in [0.25, 0.3) is 0 Å². The van der Waals surface area contributed by atoms with E-state index in [0.29, 0.717) is 23.7 Å². The maximum atomic E-state index is 13.4. The van der Waals surface area contributed by atoms with Gasteiger partial charge < -0.3 is 14.6 Å². The van der Waals surface area contributed by atoms with Crippen LogP contribution in [0.3, 0.4) is 0 Å². The fraction of sp³-hybridized carbons (Fsp3) is 0.933. The summed E-state index contributed by atoms with van der Waals surface area (Å²) in [7, 11) is 0. The van der Waals surface area contributed by atoms with E-state index in [2.05, 4.69) is 41.5 Å². The van der Waals surface area contributed by atoms with Gasteiger partial charge in [-0.15, -0.1) is 0 Å². The zero-order valence-electron chi connectivity index (χ0n) is 22.9. The fourth-order valence-electron chi connectivity index (χ4n) is 11.0. The molecule has 34 heavy (non-hydrogen) atoms. The molecular formula is C30H48O4. The van der Waals surface area contributed by atoms with Crippen LogP contribution in [0, 0.1) is 51.2 Å². The normalized spacial score (nSPS) is 54.4. The molecule has 4 saturated carbocycles. The van der Waals surface area contributed by atoms with Crippen LogP contribution in [0.4, 0.5) is 0 Å². The topological polar surface area (TPSA) is 63.6 Å². The number of aldehydes is 1. The summed E-state index contributed by atoms with van der Waals surface area (Å²) in [5, 5.41) is 10.6. The highest BCUT2D eigenvalue weighted by Gasteiger charge is 2.73. The minimum atomic E-state index is -0.809. The highest BCUT2D eigenvalue weighted by Crippen LogP contribution is 2.76. The second-order valence-corrected chi connectivity index (χ2v) is 15.0. The van der Waals surface area contributed by atoms with Gasteiger partial charge in [0.1, 0.15) is 12.1 Å². The first kappa shape index (κ1) is 24.9. The number of Topliss-reactive ketones (excluding diaryl/α,β-unsaturated/α-hetero) is 1. The summed E-state index contributed by atoms with van der Waals surface area (Å²) < 4.78 is 6.72. The lowest BCUT2D eigenvalue weighted by Gasteiger charge is -2.64. The first-order chi connectivity index (χ1) is 15.6. The second-order valence-electron chi connectivity index (χ2n) is 15.0. The van der Waals surface area contributed by atoms with E-state index in [-0.39, 0.29) is 33.7 Å². The maximum absolute atomic E-state index is 13.4. The Morgan fingerprint density at radius 3 is 2.09 bits per heavy atom. The maximum Gasteiger partial charge on any atom is 0.149 e. The lowest BCUT2D eigenvalue weighted by molar-refractivity contribution is -0.190. The third-order valence-corrected chi connectivity index (χ3v) is 13.1. The molecule has 0 aromatic rings. The van der Waals surface area contributed by atoms with Gasteiger partial charge >= 0.3 is 0 Å². The summed E-state index contributed by atoms with van der Waals surface area (Å²) in [6.07, 6.45) is 9.71. The van der Waals surface area contributed by atoms with Crippen molar-refractivity contribution < 1.29 is 19.4 Å². The third-order valence-electron chi connectivity index (χ3n) is 13.1. The zero-order valence-corrected chi connectivity index (χ0v) is 22.9. The van der Waals surface area contributed by atoms with Crippen LogP contribution in [0.5, 0.6) is 0 Å². The minimum absolute atomic E-state index is 0.0984. The van der Waals surface area contributed by atoms with Crippen LogP contribution in [-0.2, 0) is 14.3 Å². The van der Waals surface area contributed by atoms with Crippen molar-refractivity contribution in [2.45, 2.75) is 124 Å². The molecule has 0 unspecified atom stereocenters. The number of ketones is 1. The molecule has 4 nitrogen and oxygen atoms in total. The predicted molar refractivity (Wildman–Crippen MR) is 133 cm³/mol. The minimum Gasteiger partial charge on any atom is -0.388 e. The van der Waals surface area contributed by atoms with E-state index in [1.54, 1.807) is 0 Å². The lowest BCUT2D eigenvalue weighted by atomic mass is 9.40. The van der Waals surface area contributed by atoms with E-state index in [1.807, 2.05) is 13.8 Å². The van der Waals surface area contributed by atoms with Crippen molar-refractivity contribution in [1.82, 2.24) is 0 Å². The summed E-state index contributed by atoms with van der Waals surface area (Å²) >= 11 is 0. The van der Waals surface area contributed by atoms with Gasteiger partial charge in [0, 0.05) is 5.41 Å². The number of hydrogen-bond donors (Lipinski definition) is 1. The SMILES string of the molecule is CC(C)(O)[C@H]1CC[C@@](C)([C@H]2CC[C@@]3(C)[C@@H]4CC[C@H]5C(C)(C)C(=O)[C@H](C=O)[C@]5(C)[C@H]4CC[C@]23C)O1. The van der Waals surface area contributed by atoms with Gasteiger partial charge in [0.15, 0.2) is 0 Å². The quantitative estimate of drug-likeness (QED) is 0.405. The molecule has 4 aliphatic carbocycles. The van der Waals surface area contributed by atoms with Gasteiger partial charge in [-0.3, -0.25) is 4.79 Å². The van der Waals surface area contributed by atoms with Crippen molar-refractivity contribution >= 4 is 12.1 Å². The van der Waals surface area contributed by atoms with Gasteiger partial charge in [-0.05, 0) is 112 Å². The largest absolute Gasteiger partial charge is 0.388 e. The molecule has 4 heteroatoms. The molecule has 0 aromatic carbocycles. The van der Waals surface area contributed by atoms with Crippen LogP contribution in [0.1, 0.15) is 107 Å². The summed E-state index contributed by atoms with van der Waals surface area (Å²) in [6.45, 7) is 17.6. The van der Waals surface area contributed by atoms with E-state index in [0.717, 1.165) is 38.4 Å². The van der Waals surface area contributed by atoms with E-state index < -0.39 is 16.9 Å². The molecule has 5 aliphatic rings. The molecule has 0 bridgehead atoms. The van der Waals surface area contributed by atoms with Crippen LogP contribution >= 0.6 is 0 Å². The molecule has 5 fully saturated rings. The first-order valence-corrected chi connectivity index (χ1v) is 14.0. The van der Waals surface area contributed by atoms with Crippen molar-refractivity contribution in [3.05, 3.63) is 0 Å². The number of ether oxygens (including phenoxy) is 1. The molecule has 192 valence electrons. The summed E-state index contributed by atoms with van der Waals surface area (Å²) in [4.78, 5) is 25.7. The molecular weight excluding hydrogens is 424 g/mol. The first-order valence-electron chi connectivity index (χ1n) is 14.0. The third kappa shape index (κ3) is 2.85. The number of aliphatic hydroxyl groups is 1. The molecule has 0 aromatic heterocycles. The van der Waals surface area contributed by atoms with Crippen LogP contribution in [-0.4, -0.2) is 34.5 Å². The Kier molecular flexibility index (Phi) is 5.27. The second kappa shape index (κ2) is 7.18. The number of hydrogen-bond acceptors (Lipinski definition) is 4. The van der Waals surface area contributed by atoms with Crippen molar-refractivity contribution in [1.29, 1.82) is 0 Å². The molecule has 1 saturated heterocycles. The predicted octanol–water partition coefficient (Wildman–Crippen LogP) is 5.98. The molecule has 1 aliphatic heterocycles. The Morgan fingerprint density at radius 1 is 0.853 bits per heavy atom. The molecule has 1 N–H and O–H groups in total. The fourth-order valence-corrected chi connectivity index (χ4v) is 11.0. The monoisotopic (exact) mass is 472 g/mol. The van der Waals surface area contributed by atoms with Gasteiger partial charge in [0.2, 0.25) is 0 Å². The van der Waals surface area contributed by atoms with Crippen molar-refractivity contribution in [3.8, 4) is 0 Å². The Hall–Kier alpha value is -0.740. The van der Waals surface area contributed by atoms with E-state index >= 15 is 0 Å². The molecule has 0 spiro atoms. The molecule has 10 atom stereocenters. The van der Waals surface area contributed by atoms with Gasteiger partial charge in [-0.2, -0.15) is 0 Å². The Labute approximate surface area is 207 Å². The van der Waals surface area contributed by atoms with Crippen LogP contribution in [0.2, 0.25) is 0 Å². The van der Waals surface area contributed by atoms with Crippen LogP contribution in [0.15, 0.2) is 0 Å². The molecule has 0 radical (unpaired) electrons. The van der Waals surface area contributed by atoms with Crippen molar-refractivity contribution in [2.75, 3.05) is 0 Å². The van der Waals surface area contributed by atoms with Crippen molar-refractivity contribution in [2.24, 2.45) is 51.2 Å². The Balaban J connectivity index is 1.48. The van der Waals surface area contributed by atoms with Crippen LogP contribution < -0.4 is 0 Å².